The van der Waals surface area contributed by atoms with Crippen LogP contribution in [0.1, 0.15) is 40.3 Å². The first-order chi connectivity index (χ1) is 11.7. The number of nitrogens with zero attached hydrogens (tertiary/aromatic N) is 3. The highest BCUT2D eigenvalue weighted by Crippen LogP contribution is 2.29. The van der Waals surface area contributed by atoms with Crippen LogP contribution in [-0.4, -0.2) is 24.5 Å². The molecule has 0 atom stereocenters. The van der Waals surface area contributed by atoms with E-state index < -0.39 is 5.60 Å². The molecule has 2 radical (unpaired) electrons. The second-order valence-electron chi connectivity index (χ2n) is 7.60. The molecule has 2 aromatic heterocycles. The molecule has 0 saturated carbocycles. The minimum Gasteiger partial charge on any atom is -0.406 e. The van der Waals surface area contributed by atoms with Gasteiger partial charge in [-0.2, -0.15) is 5.10 Å². The van der Waals surface area contributed by atoms with Gasteiger partial charge in [0.2, 0.25) is 9.76 Å². The average molecular weight is 416 g/mol. The molecule has 3 rings (SSSR count). The average Bonchev–Trinajstić information content (AvgIpc) is 2.95. The van der Waals surface area contributed by atoms with Gasteiger partial charge in [-0.25, -0.2) is 9.67 Å². The standard InChI is InChI=1S/C19H22BrN3OSi/c1-18(2,3)25-24-19(4,5)16-7-6-8-17(22-16)23-15-11-14(20)10-9-13(15)12-21-23/h6-12H,1-5H3. The molecule has 0 unspecified atom stereocenters. The maximum atomic E-state index is 6.19. The molecule has 0 saturated heterocycles. The summed E-state index contributed by atoms with van der Waals surface area (Å²) in [6.45, 7) is 10.7. The summed E-state index contributed by atoms with van der Waals surface area (Å²) in [7, 11) is 0.402. The van der Waals surface area contributed by atoms with Crippen LogP contribution >= 0.6 is 15.9 Å². The van der Waals surface area contributed by atoms with E-state index in [1.807, 2.05) is 41.2 Å². The van der Waals surface area contributed by atoms with E-state index >= 15 is 0 Å². The molecule has 25 heavy (non-hydrogen) atoms. The van der Waals surface area contributed by atoms with E-state index in [0.717, 1.165) is 26.9 Å². The molecule has 0 spiro atoms. The Morgan fingerprint density at radius 3 is 2.56 bits per heavy atom. The largest absolute Gasteiger partial charge is 0.406 e. The highest BCUT2D eigenvalue weighted by Gasteiger charge is 2.27. The zero-order valence-electron chi connectivity index (χ0n) is 15.2. The second kappa shape index (κ2) is 6.66. The van der Waals surface area contributed by atoms with Gasteiger partial charge in [0, 0.05) is 9.86 Å². The van der Waals surface area contributed by atoms with Crippen LogP contribution in [0.5, 0.6) is 0 Å². The van der Waals surface area contributed by atoms with Gasteiger partial charge in [-0.05, 0) is 43.2 Å². The summed E-state index contributed by atoms with van der Waals surface area (Å²) < 4.78 is 9.08. The first kappa shape index (κ1) is 18.3. The van der Waals surface area contributed by atoms with Crippen LogP contribution < -0.4 is 0 Å². The molecule has 1 aromatic carbocycles. The van der Waals surface area contributed by atoms with Crippen molar-refractivity contribution < 1.29 is 4.43 Å². The van der Waals surface area contributed by atoms with Crippen molar-refractivity contribution in [2.45, 2.75) is 45.3 Å². The van der Waals surface area contributed by atoms with E-state index in [-0.39, 0.29) is 5.04 Å². The van der Waals surface area contributed by atoms with Crippen molar-refractivity contribution in [1.29, 1.82) is 0 Å². The van der Waals surface area contributed by atoms with Gasteiger partial charge in [0.15, 0.2) is 5.82 Å². The van der Waals surface area contributed by atoms with E-state index in [0.29, 0.717) is 9.76 Å². The molecule has 0 aliphatic carbocycles. The monoisotopic (exact) mass is 415 g/mol. The first-order valence-electron chi connectivity index (χ1n) is 8.22. The highest BCUT2D eigenvalue weighted by atomic mass is 79.9. The van der Waals surface area contributed by atoms with Gasteiger partial charge in [0.1, 0.15) is 0 Å². The normalized spacial score (nSPS) is 12.7. The Labute approximate surface area is 159 Å². The summed E-state index contributed by atoms with van der Waals surface area (Å²) >= 11 is 3.53. The summed E-state index contributed by atoms with van der Waals surface area (Å²) in [4.78, 5) is 4.83. The van der Waals surface area contributed by atoms with Crippen molar-refractivity contribution in [2.24, 2.45) is 0 Å². The number of aromatic nitrogens is 3. The quantitative estimate of drug-likeness (QED) is 0.544. The van der Waals surface area contributed by atoms with Crippen LogP contribution in [0, 0.1) is 0 Å². The van der Waals surface area contributed by atoms with Gasteiger partial charge < -0.3 is 4.43 Å². The van der Waals surface area contributed by atoms with Gasteiger partial charge in [-0.3, -0.25) is 0 Å². The summed E-state index contributed by atoms with van der Waals surface area (Å²) in [5.74, 6) is 0.793. The lowest BCUT2D eigenvalue weighted by molar-refractivity contribution is 0.104. The Bertz CT molecular complexity index is 899. The number of benzene rings is 1. The molecule has 0 amide bonds. The third-order valence-electron chi connectivity index (χ3n) is 3.71. The van der Waals surface area contributed by atoms with Crippen LogP contribution in [-0.2, 0) is 10.0 Å². The minimum atomic E-state index is -0.453. The second-order valence-corrected chi connectivity index (χ2v) is 10.4. The van der Waals surface area contributed by atoms with Crippen molar-refractivity contribution in [1.82, 2.24) is 14.8 Å². The van der Waals surface area contributed by atoms with Crippen molar-refractivity contribution in [3.8, 4) is 5.82 Å². The maximum Gasteiger partial charge on any atom is 0.237 e. The predicted molar refractivity (Wildman–Crippen MR) is 106 cm³/mol. The number of halogens is 1. The fourth-order valence-corrected chi connectivity index (χ4v) is 3.40. The van der Waals surface area contributed by atoms with Crippen LogP contribution in [0.4, 0.5) is 0 Å². The lowest BCUT2D eigenvalue weighted by Gasteiger charge is -2.29. The fourth-order valence-electron chi connectivity index (χ4n) is 2.38. The first-order valence-corrected chi connectivity index (χ1v) is 9.92. The molecule has 0 bridgehead atoms. The summed E-state index contributed by atoms with van der Waals surface area (Å²) in [6, 6.07) is 12.1. The number of rotatable bonds is 4. The Morgan fingerprint density at radius 2 is 1.84 bits per heavy atom. The van der Waals surface area contributed by atoms with E-state index in [4.69, 9.17) is 9.41 Å². The third kappa shape index (κ3) is 4.19. The molecular formula is C19H22BrN3OSi. The van der Waals surface area contributed by atoms with Crippen LogP contribution in [0.25, 0.3) is 16.7 Å². The minimum absolute atomic E-state index is 0.138. The Hall–Kier alpha value is -1.50. The van der Waals surface area contributed by atoms with Gasteiger partial charge in [0.25, 0.3) is 0 Å². The van der Waals surface area contributed by atoms with Crippen LogP contribution in [0.3, 0.4) is 0 Å². The molecule has 0 fully saturated rings. The Morgan fingerprint density at radius 1 is 1.08 bits per heavy atom. The van der Waals surface area contributed by atoms with E-state index in [9.17, 15) is 0 Å². The number of pyridine rings is 1. The maximum absolute atomic E-state index is 6.19. The van der Waals surface area contributed by atoms with E-state index in [1.165, 1.54) is 0 Å². The summed E-state index contributed by atoms with van der Waals surface area (Å²) in [5, 5.41) is 5.73. The van der Waals surface area contributed by atoms with E-state index in [1.54, 1.807) is 0 Å². The van der Waals surface area contributed by atoms with Gasteiger partial charge in [-0.1, -0.05) is 48.8 Å². The van der Waals surface area contributed by atoms with Crippen molar-refractivity contribution in [3.63, 3.8) is 0 Å². The van der Waals surface area contributed by atoms with Crippen LogP contribution in [0.15, 0.2) is 47.1 Å². The number of fused-ring (bicyclic) bond motifs is 1. The Balaban J connectivity index is 1.97. The van der Waals surface area contributed by atoms with Gasteiger partial charge >= 0.3 is 0 Å². The highest BCUT2D eigenvalue weighted by molar-refractivity contribution is 9.10. The molecule has 0 N–H and O–H groups in total. The van der Waals surface area contributed by atoms with Crippen molar-refractivity contribution in [3.05, 3.63) is 52.8 Å². The van der Waals surface area contributed by atoms with Gasteiger partial charge in [-0.15, -0.1) is 0 Å². The van der Waals surface area contributed by atoms with Crippen LogP contribution in [0.2, 0.25) is 5.04 Å². The number of hydrogen-bond acceptors (Lipinski definition) is 3. The molecular weight excluding hydrogens is 394 g/mol. The zero-order valence-corrected chi connectivity index (χ0v) is 17.8. The molecule has 6 heteroatoms. The SMILES string of the molecule is CC(C)(C)[Si]OC(C)(C)c1cccc(-n2ncc3ccc(Br)cc32)n1. The molecule has 0 aliphatic rings. The van der Waals surface area contributed by atoms with Gasteiger partial charge in [0.05, 0.1) is 23.0 Å². The Kier molecular flexibility index (Phi) is 4.88. The third-order valence-corrected chi connectivity index (χ3v) is 5.43. The smallest absolute Gasteiger partial charge is 0.237 e. The zero-order chi connectivity index (χ0) is 18.2. The molecule has 3 aromatic rings. The molecule has 4 nitrogen and oxygen atoms in total. The molecule has 2 heterocycles. The number of hydrogen-bond donors (Lipinski definition) is 0. The van der Waals surface area contributed by atoms with E-state index in [2.05, 4.69) is 61.7 Å². The topological polar surface area (TPSA) is 39.9 Å². The lowest BCUT2D eigenvalue weighted by atomic mass is 10.1. The fraction of sp³-hybridized carbons (Fsp3) is 0.368. The van der Waals surface area contributed by atoms with Crippen molar-refractivity contribution >= 4 is 36.6 Å². The predicted octanol–water partition coefficient (Wildman–Crippen LogP) is 5.27. The summed E-state index contributed by atoms with van der Waals surface area (Å²) in [5.41, 5.74) is 1.47. The molecule has 0 aliphatic heterocycles. The molecule has 130 valence electrons. The summed E-state index contributed by atoms with van der Waals surface area (Å²) in [6.07, 6.45) is 1.86. The lowest BCUT2D eigenvalue weighted by Crippen LogP contribution is -2.28. The van der Waals surface area contributed by atoms with Crippen molar-refractivity contribution in [2.75, 3.05) is 0 Å².